The van der Waals surface area contributed by atoms with Crippen LogP contribution in [0.15, 0.2) is 0 Å². The summed E-state index contributed by atoms with van der Waals surface area (Å²) in [5.41, 5.74) is 0. The molecule has 0 rings (SSSR count). The Morgan fingerprint density at radius 3 is 2.46 bits per heavy atom. The molecule has 0 heterocycles. The molecule has 0 bridgehead atoms. The summed E-state index contributed by atoms with van der Waals surface area (Å²) in [5, 5.41) is 0. The van der Waals surface area contributed by atoms with E-state index in [1.165, 1.54) is 19.3 Å². The minimum absolute atomic E-state index is 0.0741. The number of rotatable bonds is 7. The molecule has 0 amide bonds. The zero-order chi connectivity index (χ0) is 10.1. The molecular formula is C11H22O2. The zero-order valence-electron chi connectivity index (χ0n) is 9.14. The third kappa shape index (κ3) is 6.62. The van der Waals surface area contributed by atoms with Crippen LogP contribution in [0.3, 0.4) is 0 Å². The van der Waals surface area contributed by atoms with Crippen molar-refractivity contribution in [2.45, 2.75) is 52.9 Å². The lowest BCUT2D eigenvalue weighted by Crippen LogP contribution is -2.12. The zero-order valence-corrected chi connectivity index (χ0v) is 9.14. The molecule has 0 aliphatic carbocycles. The van der Waals surface area contributed by atoms with Gasteiger partial charge in [-0.15, -0.1) is 0 Å². The van der Waals surface area contributed by atoms with Gasteiger partial charge >= 0.3 is 5.97 Å². The minimum Gasteiger partial charge on any atom is -0.465 e. The fraction of sp³-hybridized carbons (Fsp3) is 0.909. The predicted molar refractivity (Wildman–Crippen MR) is 54.6 cm³/mol. The standard InChI is InChI=1S/C11H22O2/c1-4-7-8-10(5-2)9-13-11(12)6-3/h10H,4-9H2,1-3H3/t10-/m0/s1. The van der Waals surface area contributed by atoms with Crippen LogP contribution in [0, 0.1) is 5.92 Å². The molecule has 1 atom stereocenters. The van der Waals surface area contributed by atoms with Crippen LogP contribution in [0.1, 0.15) is 52.9 Å². The van der Waals surface area contributed by atoms with Crippen molar-refractivity contribution in [3.8, 4) is 0 Å². The summed E-state index contributed by atoms with van der Waals surface area (Å²) in [7, 11) is 0. The topological polar surface area (TPSA) is 26.3 Å². The lowest BCUT2D eigenvalue weighted by Gasteiger charge is -2.13. The largest absolute Gasteiger partial charge is 0.465 e. The van der Waals surface area contributed by atoms with Crippen LogP contribution < -0.4 is 0 Å². The van der Waals surface area contributed by atoms with Crippen LogP contribution in [0.2, 0.25) is 0 Å². The summed E-state index contributed by atoms with van der Waals surface area (Å²) in [6.45, 7) is 6.78. The smallest absolute Gasteiger partial charge is 0.305 e. The van der Waals surface area contributed by atoms with Crippen molar-refractivity contribution in [1.82, 2.24) is 0 Å². The van der Waals surface area contributed by atoms with Gasteiger partial charge in [-0.3, -0.25) is 4.79 Å². The Labute approximate surface area is 81.7 Å². The number of ether oxygens (including phenoxy) is 1. The highest BCUT2D eigenvalue weighted by molar-refractivity contribution is 5.68. The average Bonchev–Trinajstić information content (AvgIpc) is 2.17. The van der Waals surface area contributed by atoms with E-state index in [0.29, 0.717) is 18.9 Å². The highest BCUT2D eigenvalue weighted by Crippen LogP contribution is 2.12. The molecule has 13 heavy (non-hydrogen) atoms. The maximum atomic E-state index is 10.9. The van der Waals surface area contributed by atoms with Gasteiger partial charge in [0, 0.05) is 6.42 Å². The Morgan fingerprint density at radius 1 is 1.31 bits per heavy atom. The van der Waals surface area contributed by atoms with E-state index in [0.717, 1.165) is 6.42 Å². The van der Waals surface area contributed by atoms with Crippen LogP contribution in [-0.2, 0) is 9.53 Å². The maximum absolute atomic E-state index is 10.9. The molecule has 78 valence electrons. The first-order valence-electron chi connectivity index (χ1n) is 5.40. The van der Waals surface area contributed by atoms with Gasteiger partial charge in [0.1, 0.15) is 0 Å². The first-order valence-corrected chi connectivity index (χ1v) is 5.40. The first-order chi connectivity index (χ1) is 6.24. The number of carbonyl (C=O) groups excluding carboxylic acids is 1. The number of hydrogen-bond donors (Lipinski definition) is 0. The SMILES string of the molecule is CCCC[C@H](CC)COC(=O)CC. The summed E-state index contributed by atoms with van der Waals surface area (Å²) in [6, 6.07) is 0. The van der Waals surface area contributed by atoms with E-state index in [1.54, 1.807) is 0 Å². The van der Waals surface area contributed by atoms with Crippen molar-refractivity contribution >= 4 is 5.97 Å². The Bertz CT molecular complexity index is 132. The molecule has 0 unspecified atom stereocenters. The second kappa shape index (κ2) is 8.09. The number of hydrogen-bond acceptors (Lipinski definition) is 2. The molecule has 0 saturated heterocycles. The molecule has 0 aromatic rings. The van der Waals surface area contributed by atoms with Crippen LogP contribution in [0.25, 0.3) is 0 Å². The van der Waals surface area contributed by atoms with Gasteiger partial charge < -0.3 is 4.74 Å². The van der Waals surface area contributed by atoms with Crippen LogP contribution in [0.4, 0.5) is 0 Å². The Hall–Kier alpha value is -0.530. The van der Waals surface area contributed by atoms with E-state index in [9.17, 15) is 4.79 Å². The number of esters is 1. The maximum Gasteiger partial charge on any atom is 0.305 e. The predicted octanol–water partition coefficient (Wildman–Crippen LogP) is 3.16. The van der Waals surface area contributed by atoms with E-state index in [4.69, 9.17) is 4.74 Å². The van der Waals surface area contributed by atoms with Gasteiger partial charge in [0.2, 0.25) is 0 Å². The van der Waals surface area contributed by atoms with Gasteiger partial charge in [0.05, 0.1) is 6.61 Å². The highest BCUT2D eigenvalue weighted by atomic mass is 16.5. The van der Waals surface area contributed by atoms with Gasteiger partial charge in [-0.2, -0.15) is 0 Å². The lowest BCUT2D eigenvalue weighted by atomic mass is 10.0. The third-order valence-electron chi connectivity index (χ3n) is 2.31. The monoisotopic (exact) mass is 186 g/mol. The van der Waals surface area contributed by atoms with Gasteiger partial charge in [0.25, 0.3) is 0 Å². The highest BCUT2D eigenvalue weighted by Gasteiger charge is 2.08. The van der Waals surface area contributed by atoms with E-state index in [-0.39, 0.29) is 5.97 Å². The van der Waals surface area contributed by atoms with Crippen LogP contribution >= 0.6 is 0 Å². The third-order valence-corrected chi connectivity index (χ3v) is 2.31. The van der Waals surface area contributed by atoms with Gasteiger partial charge in [0.15, 0.2) is 0 Å². The molecule has 0 aromatic heterocycles. The van der Waals surface area contributed by atoms with Crippen LogP contribution in [0.5, 0.6) is 0 Å². The summed E-state index contributed by atoms with van der Waals surface area (Å²) < 4.78 is 5.10. The molecule has 0 aliphatic heterocycles. The van der Waals surface area contributed by atoms with E-state index in [2.05, 4.69) is 13.8 Å². The molecule has 2 nitrogen and oxygen atoms in total. The Balaban J connectivity index is 3.52. The summed E-state index contributed by atoms with van der Waals surface area (Å²) in [6.07, 6.45) is 5.24. The molecule has 0 N–H and O–H groups in total. The fourth-order valence-corrected chi connectivity index (χ4v) is 1.21. The molecular weight excluding hydrogens is 164 g/mol. The van der Waals surface area contributed by atoms with E-state index >= 15 is 0 Å². The van der Waals surface area contributed by atoms with Crippen molar-refractivity contribution in [1.29, 1.82) is 0 Å². The minimum atomic E-state index is -0.0741. The molecule has 0 spiro atoms. The summed E-state index contributed by atoms with van der Waals surface area (Å²) in [4.78, 5) is 10.9. The second-order valence-electron chi connectivity index (χ2n) is 3.45. The summed E-state index contributed by atoms with van der Waals surface area (Å²) in [5.74, 6) is 0.491. The normalized spacial score (nSPS) is 12.5. The molecule has 0 aliphatic rings. The fourth-order valence-electron chi connectivity index (χ4n) is 1.21. The number of unbranched alkanes of at least 4 members (excludes halogenated alkanes) is 1. The molecule has 0 radical (unpaired) electrons. The second-order valence-corrected chi connectivity index (χ2v) is 3.45. The molecule has 0 aromatic carbocycles. The van der Waals surface area contributed by atoms with E-state index in [1.807, 2.05) is 6.92 Å². The van der Waals surface area contributed by atoms with Gasteiger partial charge in [-0.25, -0.2) is 0 Å². The lowest BCUT2D eigenvalue weighted by molar-refractivity contribution is -0.144. The molecule has 2 heteroatoms. The van der Waals surface area contributed by atoms with Crippen molar-refractivity contribution in [2.75, 3.05) is 6.61 Å². The van der Waals surface area contributed by atoms with Gasteiger partial charge in [-0.05, 0) is 12.3 Å². The van der Waals surface area contributed by atoms with Crippen molar-refractivity contribution in [3.05, 3.63) is 0 Å². The first kappa shape index (κ1) is 12.5. The van der Waals surface area contributed by atoms with Crippen molar-refractivity contribution in [3.63, 3.8) is 0 Å². The number of carbonyl (C=O) groups is 1. The van der Waals surface area contributed by atoms with Gasteiger partial charge in [-0.1, -0.05) is 40.0 Å². The summed E-state index contributed by atoms with van der Waals surface area (Å²) >= 11 is 0. The van der Waals surface area contributed by atoms with Crippen LogP contribution in [-0.4, -0.2) is 12.6 Å². The Morgan fingerprint density at radius 2 is 2.00 bits per heavy atom. The quantitative estimate of drug-likeness (QED) is 0.571. The molecule has 0 fully saturated rings. The molecule has 0 saturated carbocycles. The van der Waals surface area contributed by atoms with E-state index < -0.39 is 0 Å². The van der Waals surface area contributed by atoms with Crippen molar-refractivity contribution in [2.24, 2.45) is 5.92 Å². The average molecular weight is 186 g/mol. The Kier molecular flexibility index (Phi) is 7.76. The van der Waals surface area contributed by atoms with Crippen molar-refractivity contribution < 1.29 is 9.53 Å².